The summed E-state index contributed by atoms with van der Waals surface area (Å²) in [6.07, 6.45) is 5.73. The molecule has 0 saturated heterocycles. The van der Waals surface area contributed by atoms with Gasteiger partial charge in [-0.3, -0.25) is 0 Å². The topological polar surface area (TPSA) is 0 Å². The quantitative estimate of drug-likeness (QED) is 0.716. The largest absolute Gasteiger partial charge is 0.0622 e. The summed E-state index contributed by atoms with van der Waals surface area (Å²) in [5.74, 6) is 0.989. The Morgan fingerprint density at radius 1 is 0.778 bits per heavy atom. The zero-order chi connectivity index (χ0) is 12.0. The molecule has 0 bridgehead atoms. The van der Waals surface area contributed by atoms with Crippen LogP contribution in [0.1, 0.15) is 31.2 Å². The van der Waals surface area contributed by atoms with E-state index in [0.29, 0.717) is 5.41 Å². The Kier molecular flexibility index (Phi) is 2.14. The summed E-state index contributed by atoms with van der Waals surface area (Å²) in [5.41, 5.74) is 4.88. The van der Waals surface area contributed by atoms with Crippen LogP contribution in [-0.2, 0) is 5.41 Å². The summed E-state index contributed by atoms with van der Waals surface area (Å²) in [4.78, 5) is 0. The van der Waals surface area contributed by atoms with Gasteiger partial charge in [0.05, 0.1) is 0 Å². The second-order valence-corrected chi connectivity index (χ2v) is 5.88. The minimum Gasteiger partial charge on any atom is -0.0622 e. The van der Waals surface area contributed by atoms with Crippen molar-refractivity contribution in [2.24, 2.45) is 5.92 Å². The van der Waals surface area contributed by atoms with Crippen LogP contribution in [0.15, 0.2) is 54.6 Å². The first-order valence-electron chi connectivity index (χ1n) is 7.04. The first kappa shape index (κ1) is 10.4. The Bertz CT molecular complexity index is 560. The van der Waals surface area contributed by atoms with Crippen molar-refractivity contribution < 1.29 is 0 Å². The molecule has 0 heteroatoms. The van der Waals surface area contributed by atoms with Crippen LogP contribution in [0.3, 0.4) is 0 Å². The average Bonchev–Trinajstić information content (AvgIpc) is 3.31. The van der Waals surface area contributed by atoms with E-state index in [9.17, 15) is 0 Å². The monoisotopic (exact) mass is 234 g/mol. The molecule has 2 aliphatic carbocycles. The molecule has 0 heterocycles. The fourth-order valence-electron chi connectivity index (χ4n) is 3.34. The van der Waals surface area contributed by atoms with Crippen molar-refractivity contribution in [1.29, 1.82) is 0 Å². The normalized spacial score (nSPS) is 20.7. The Balaban J connectivity index is 1.74. The van der Waals surface area contributed by atoms with Gasteiger partial charge in [-0.15, -0.1) is 0 Å². The molecule has 90 valence electrons. The van der Waals surface area contributed by atoms with E-state index in [0.717, 1.165) is 5.92 Å². The fourth-order valence-corrected chi connectivity index (χ4v) is 3.34. The van der Waals surface area contributed by atoms with Crippen LogP contribution in [0.25, 0.3) is 11.1 Å². The number of rotatable bonds is 3. The summed E-state index contributed by atoms with van der Waals surface area (Å²) >= 11 is 0. The van der Waals surface area contributed by atoms with Crippen LogP contribution in [0.2, 0.25) is 0 Å². The lowest BCUT2D eigenvalue weighted by molar-refractivity contribution is 0.597. The van der Waals surface area contributed by atoms with Gasteiger partial charge in [-0.25, -0.2) is 0 Å². The lowest BCUT2D eigenvalue weighted by atomic mass is 9.88. The third kappa shape index (κ3) is 1.59. The third-order valence-electron chi connectivity index (χ3n) is 4.69. The first-order valence-corrected chi connectivity index (χ1v) is 7.04. The van der Waals surface area contributed by atoms with Crippen LogP contribution in [0.4, 0.5) is 0 Å². The zero-order valence-electron chi connectivity index (χ0n) is 10.6. The van der Waals surface area contributed by atoms with Crippen molar-refractivity contribution >= 4 is 0 Å². The number of hydrogen-bond donors (Lipinski definition) is 0. The summed E-state index contributed by atoms with van der Waals surface area (Å²) in [6, 6.07) is 20.0. The number of benzene rings is 2. The smallest absolute Gasteiger partial charge is 0.00179 e. The van der Waals surface area contributed by atoms with Crippen molar-refractivity contribution in [3.8, 4) is 11.1 Å². The molecule has 2 aromatic rings. The zero-order valence-corrected chi connectivity index (χ0v) is 10.6. The van der Waals surface area contributed by atoms with Crippen LogP contribution < -0.4 is 0 Å². The van der Waals surface area contributed by atoms with Gasteiger partial charge < -0.3 is 0 Å². The second kappa shape index (κ2) is 3.71. The highest BCUT2D eigenvalue weighted by atomic mass is 14.6. The lowest BCUT2D eigenvalue weighted by Crippen LogP contribution is -2.08. The summed E-state index contributed by atoms with van der Waals surface area (Å²) in [7, 11) is 0. The van der Waals surface area contributed by atoms with Gasteiger partial charge in [0.2, 0.25) is 0 Å². The Morgan fingerprint density at radius 2 is 1.50 bits per heavy atom. The van der Waals surface area contributed by atoms with E-state index in [-0.39, 0.29) is 0 Å². The van der Waals surface area contributed by atoms with E-state index in [4.69, 9.17) is 0 Å². The second-order valence-electron chi connectivity index (χ2n) is 5.88. The van der Waals surface area contributed by atoms with Gasteiger partial charge in [-0.2, -0.15) is 0 Å². The van der Waals surface area contributed by atoms with E-state index in [2.05, 4.69) is 54.6 Å². The van der Waals surface area contributed by atoms with Crippen molar-refractivity contribution in [1.82, 2.24) is 0 Å². The molecule has 0 unspecified atom stereocenters. The average molecular weight is 234 g/mol. The third-order valence-corrected chi connectivity index (χ3v) is 4.69. The molecule has 2 aliphatic rings. The van der Waals surface area contributed by atoms with E-state index in [1.54, 1.807) is 5.56 Å². The van der Waals surface area contributed by atoms with Crippen molar-refractivity contribution in [2.75, 3.05) is 0 Å². The first-order chi connectivity index (χ1) is 8.88. The Morgan fingerprint density at radius 3 is 2.17 bits per heavy atom. The molecule has 2 saturated carbocycles. The minimum atomic E-state index is 0.574. The molecule has 0 nitrogen and oxygen atoms in total. The van der Waals surface area contributed by atoms with E-state index in [1.165, 1.54) is 36.8 Å². The van der Waals surface area contributed by atoms with Crippen LogP contribution in [-0.4, -0.2) is 0 Å². The van der Waals surface area contributed by atoms with Gasteiger partial charge >= 0.3 is 0 Å². The molecule has 2 aromatic carbocycles. The SMILES string of the molecule is c1ccc(-c2cccc(C3(C4CC4)CC3)c2)cc1. The molecule has 0 N–H and O–H groups in total. The van der Waals surface area contributed by atoms with Crippen LogP contribution in [0.5, 0.6) is 0 Å². The maximum Gasteiger partial charge on any atom is -0.00179 e. The molecule has 0 atom stereocenters. The highest BCUT2D eigenvalue weighted by Gasteiger charge is 2.54. The maximum atomic E-state index is 2.43. The molecule has 2 fully saturated rings. The van der Waals surface area contributed by atoms with E-state index in [1.807, 2.05) is 0 Å². The van der Waals surface area contributed by atoms with E-state index < -0.39 is 0 Å². The molecule has 0 spiro atoms. The maximum absolute atomic E-state index is 2.43. The molecule has 0 aliphatic heterocycles. The molecule has 0 aromatic heterocycles. The van der Waals surface area contributed by atoms with Crippen molar-refractivity contribution in [3.63, 3.8) is 0 Å². The van der Waals surface area contributed by atoms with Crippen molar-refractivity contribution in [3.05, 3.63) is 60.2 Å². The number of hydrogen-bond acceptors (Lipinski definition) is 0. The molecular formula is C18H18. The van der Waals surface area contributed by atoms with Crippen molar-refractivity contribution in [2.45, 2.75) is 31.1 Å². The van der Waals surface area contributed by atoms with Crippen LogP contribution >= 0.6 is 0 Å². The van der Waals surface area contributed by atoms with Gasteiger partial charge in [0, 0.05) is 0 Å². The van der Waals surface area contributed by atoms with Crippen LogP contribution in [0, 0.1) is 5.92 Å². The lowest BCUT2D eigenvalue weighted by Gasteiger charge is -2.16. The molecule has 0 amide bonds. The van der Waals surface area contributed by atoms with Gasteiger partial charge in [0.25, 0.3) is 0 Å². The van der Waals surface area contributed by atoms with Gasteiger partial charge in [-0.05, 0) is 53.7 Å². The Labute approximate surface area is 109 Å². The molecule has 18 heavy (non-hydrogen) atoms. The molecular weight excluding hydrogens is 216 g/mol. The highest BCUT2D eigenvalue weighted by Crippen LogP contribution is 2.62. The summed E-state index contributed by atoms with van der Waals surface area (Å²) in [6.45, 7) is 0. The van der Waals surface area contributed by atoms with Gasteiger partial charge in [0.1, 0.15) is 0 Å². The van der Waals surface area contributed by atoms with E-state index >= 15 is 0 Å². The molecule has 4 rings (SSSR count). The fraction of sp³-hybridized carbons (Fsp3) is 0.333. The summed E-state index contributed by atoms with van der Waals surface area (Å²) < 4.78 is 0. The molecule has 0 radical (unpaired) electrons. The Hall–Kier alpha value is -1.56. The minimum absolute atomic E-state index is 0.574. The van der Waals surface area contributed by atoms with Gasteiger partial charge in [0.15, 0.2) is 0 Å². The highest BCUT2D eigenvalue weighted by molar-refractivity contribution is 5.64. The van der Waals surface area contributed by atoms with Gasteiger partial charge in [-0.1, -0.05) is 54.6 Å². The predicted molar refractivity (Wildman–Crippen MR) is 75.5 cm³/mol. The summed E-state index contributed by atoms with van der Waals surface area (Å²) in [5, 5.41) is 0. The standard InChI is InChI=1S/C18H18/c1-2-5-14(6-3-1)15-7-4-8-17(13-15)18(11-12-18)16-9-10-16/h1-8,13,16H,9-12H2. The predicted octanol–water partition coefficient (Wildman–Crippen LogP) is 4.80.